The van der Waals surface area contributed by atoms with Crippen LogP contribution in [-0.4, -0.2) is 88.8 Å². The number of carbonyl (C=O) groups is 3. The van der Waals surface area contributed by atoms with E-state index < -0.39 is 29.1 Å². The number of ether oxygens (including phenoxy) is 2. The summed E-state index contributed by atoms with van der Waals surface area (Å²) < 4.78 is 12.6. The molecule has 234 valence electrons. The maximum atomic E-state index is 14.6. The van der Waals surface area contributed by atoms with E-state index in [1.807, 2.05) is 43.0 Å². The molecule has 3 amide bonds. The number of carbonyl (C=O) groups excluding carboxylic acids is 3. The largest absolute Gasteiger partial charge is 0.494 e. The van der Waals surface area contributed by atoms with Crippen LogP contribution in [0.5, 0.6) is 5.75 Å². The number of hydrogen-bond donors (Lipinski definition) is 1. The second-order valence-corrected chi connectivity index (χ2v) is 12.3. The zero-order valence-electron chi connectivity index (χ0n) is 25.7. The number of aliphatic hydroxyl groups is 1. The number of hydrogen-bond acceptors (Lipinski definition) is 6. The van der Waals surface area contributed by atoms with Crippen LogP contribution >= 0.6 is 0 Å². The van der Waals surface area contributed by atoms with Gasteiger partial charge in [-0.1, -0.05) is 38.3 Å². The minimum Gasteiger partial charge on any atom is -0.494 e. The Balaban J connectivity index is 1.54. The first-order chi connectivity index (χ1) is 20.8. The lowest BCUT2D eigenvalue weighted by Gasteiger charge is -2.40. The van der Waals surface area contributed by atoms with Gasteiger partial charge in [0.15, 0.2) is 0 Å². The lowest BCUT2D eigenvalue weighted by Crippen LogP contribution is -2.58. The van der Waals surface area contributed by atoms with Gasteiger partial charge in [-0.25, -0.2) is 0 Å². The molecule has 1 N–H and O–H groups in total. The second-order valence-electron chi connectivity index (χ2n) is 12.3. The predicted molar refractivity (Wildman–Crippen MR) is 165 cm³/mol. The Kier molecular flexibility index (Phi) is 9.32. The Morgan fingerprint density at radius 2 is 1.77 bits per heavy atom. The van der Waals surface area contributed by atoms with Crippen LogP contribution in [0.3, 0.4) is 0 Å². The molecule has 1 aliphatic carbocycles. The molecule has 4 fully saturated rings. The van der Waals surface area contributed by atoms with Crippen molar-refractivity contribution in [1.82, 2.24) is 9.80 Å². The van der Waals surface area contributed by atoms with Crippen LogP contribution in [0.2, 0.25) is 0 Å². The molecule has 3 saturated heterocycles. The minimum absolute atomic E-state index is 0.0126. The third kappa shape index (κ3) is 5.18. The van der Waals surface area contributed by atoms with E-state index in [4.69, 9.17) is 9.47 Å². The molecule has 43 heavy (non-hydrogen) atoms. The van der Waals surface area contributed by atoms with E-state index >= 15 is 0 Å². The van der Waals surface area contributed by atoms with Crippen molar-refractivity contribution >= 4 is 23.4 Å². The zero-order valence-corrected chi connectivity index (χ0v) is 25.7. The van der Waals surface area contributed by atoms with Crippen molar-refractivity contribution in [3.63, 3.8) is 0 Å². The lowest BCUT2D eigenvalue weighted by molar-refractivity contribution is -0.154. The van der Waals surface area contributed by atoms with E-state index in [9.17, 15) is 19.5 Å². The number of likely N-dealkylation sites (tertiary alicyclic amines) is 1. The average molecular weight is 594 g/mol. The van der Waals surface area contributed by atoms with Crippen molar-refractivity contribution < 1.29 is 29.0 Å². The maximum Gasteiger partial charge on any atom is 0.248 e. The monoisotopic (exact) mass is 593 g/mol. The first-order valence-corrected chi connectivity index (χ1v) is 16.0. The summed E-state index contributed by atoms with van der Waals surface area (Å²) in [5.74, 6) is -1.54. The highest BCUT2D eigenvalue weighted by Crippen LogP contribution is 2.64. The summed E-state index contributed by atoms with van der Waals surface area (Å²) in [4.78, 5) is 48.7. The Labute approximate surface area is 255 Å². The van der Waals surface area contributed by atoms with Crippen LogP contribution in [0.25, 0.3) is 0 Å². The maximum absolute atomic E-state index is 14.6. The van der Waals surface area contributed by atoms with Crippen LogP contribution in [0, 0.1) is 11.8 Å². The molecule has 3 heterocycles. The summed E-state index contributed by atoms with van der Waals surface area (Å²) in [5.41, 5.74) is -1.32. The van der Waals surface area contributed by atoms with Crippen LogP contribution in [-0.2, 0) is 19.1 Å². The zero-order chi connectivity index (χ0) is 30.8. The molecule has 2 unspecified atom stereocenters. The van der Waals surface area contributed by atoms with E-state index in [1.165, 1.54) is 4.90 Å². The van der Waals surface area contributed by atoms with Crippen molar-refractivity contribution in [1.29, 1.82) is 0 Å². The molecular formula is C34H47N3O6. The van der Waals surface area contributed by atoms with Crippen molar-refractivity contribution in [3.8, 4) is 5.75 Å². The number of fused-ring (bicyclic) bond motifs is 1. The minimum atomic E-state index is -1.13. The third-order valence-corrected chi connectivity index (χ3v) is 10.2. The fourth-order valence-corrected chi connectivity index (χ4v) is 8.34. The highest BCUT2D eigenvalue weighted by Gasteiger charge is 2.79. The van der Waals surface area contributed by atoms with Gasteiger partial charge in [0.05, 0.1) is 30.7 Å². The van der Waals surface area contributed by atoms with Gasteiger partial charge < -0.3 is 29.3 Å². The average Bonchev–Trinajstić information content (AvgIpc) is 3.63. The smallest absolute Gasteiger partial charge is 0.248 e. The fourth-order valence-electron chi connectivity index (χ4n) is 8.34. The highest BCUT2D eigenvalue weighted by molar-refractivity contribution is 6.03. The molecular weight excluding hydrogens is 546 g/mol. The molecule has 9 heteroatoms. The summed E-state index contributed by atoms with van der Waals surface area (Å²) >= 11 is 0. The van der Waals surface area contributed by atoms with Gasteiger partial charge in [-0.2, -0.15) is 0 Å². The van der Waals surface area contributed by atoms with E-state index in [2.05, 4.69) is 13.2 Å². The van der Waals surface area contributed by atoms with E-state index in [0.717, 1.165) is 32.1 Å². The number of rotatable bonds is 13. The Bertz CT molecular complexity index is 1210. The summed E-state index contributed by atoms with van der Waals surface area (Å²) in [7, 11) is 0. The lowest BCUT2D eigenvalue weighted by atomic mass is 9.64. The number of amides is 3. The quantitative estimate of drug-likeness (QED) is 0.346. The van der Waals surface area contributed by atoms with Gasteiger partial charge in [-0.15, -0.1) is 13.2 Å². The summed E-state index contributed by atoms with van der Waals surface area (Å²) in [6, 6.07) is 6.51. The van der Waals surface area contributed by atoms with Crippen LogP contribution in [0.15, 0.2) is 49.6 Å². The van der Waals surface area contributed by atoms with Crippen molar-refractivity contribution in [2.24, 2.45) is 11.8 Å². The van der Waals surface area contributed by atoms with Crippen LogP contribution in [0.1, 0.15) is 65.2 Å². The molecule has 0 radical (unpaired) electrons. The first kappa shape index (κ1) is 31.3. The van der Waals surface area contributed by atoms with Crippen LogP contribution < -0.4 is 9.64 Å². The predicted octanol–water partition coefficient (Wildman–Crippen LogP) is 4.10. The van der Waals surface area contributed by atoms with Gasteiger partial charge in [0.2, 0.25) is 17.7 Å². The van der Waals surface area contributed by atoms with Crippen molar-refractivity contribution in [2.45, 2.75) is 88.5 Å². The molecule has 1 saturated carbocycles. The number of anilines is 1. The second kappa shape index (κ2) is 12.8. The molecule has 0 aromatic heterocycles. The van der Waals surface area contributed by atoms with Gasteiger partial charge in [-0.05, 0) is 63.3 Å². The van der Waals surface area contributed by atoms with E-state index in [1.54, 1.807) is 17.1 Å². The van der Waals surface area contributed by atoms with Gasteiger partial charge in [0.25, 0.3) is 0 Å². The number of nitrogens with zero attached hydrogens (tertiary/aromatic N) is 3. The van der Waals surface area contributed by atoms with E-state index in [-0.39, 0.29) is 43.5 Å². The SMILES string of the molecule is C=CCN(C(=O)[C@@H]1[C@H]2C(=O)N(CCO)C(C(=O)N(CC=C)C3CCCCC3)C23CC[C@@]1(CC)O3)c1ccc(OCC)cc1. The van der Waals surface area contributed by atoms with Gasteiger partial charge in [-0.3, -0.25) is 14.4 Å². The Hall–Kier alpha value is -3.17. The Morgan fingerprint density at radius 3 is 2.37 bits per heavy atom. The van der Waals surface area contributed by atoms with Gasteiger partial charge >= 0.3 is 0 Å². The van der Waals surface area contributed by atoms with Gasteiger partial charge in [0, 0.05) is 31.4 Å². The molecule has 5 rings (SSSR count). The topological polar surface area (TPSA) is 99.6 Å². The van der Waals surface area contributed by atoms with Crippen molar-refractivity contribution in [2.75, 3.05) is 37.7 Å². The van der Waals surface area contributed by atoms with Gasteiger partial charge in [0.1, 0.15) is 17.4 Å². The normalized spacial score (nSPS) is 29.8. The van der Waals surface area contributed by atoms with E-state index in [0.29, 0.717) is 43.9 Å². The van der Waals surface area contributed by atoms with Crippen LogP contribution in [0.4, 0.5) is 5.69 Å². The summed E-state index contributed by atoms with van der Waals surface area (Å²) in [5, 5.41) is 10.0. The fraction of sp³-hybridized carbons (Fsp3) is 0.618. The number of aliphatic hydroxyl groups excluding tert-OH is 1. The number of β-amino-alcohol motifs (C(OH)–C–C–N with tert-alkyl or cyclic N) is 1. The Morgan fingerprint density at radius 1 is 1.07 bits per heavy atom. The summed E-state index contributed by atoms with van der Waals surface area (Å²) in [6.07, 6.45) is 10.1. The third-order valence-electron chi connectivity index (χ3n) is 10.2. The summed E-state index contributed by atoms with van der Waals surface area (Å²) in [6.45, 7) is 12.6. The molecule has 9 nitrogen and oxygen atoms in total. The molecule has 4 aliphatic rings. The first-order valence-electron chi connectivity index (χ1n) is 16.0. The molecule has 2 bridgehead atoms. The molecule has 1 spiro atoms. The molecule has 1 aromatic rings. The molecule has 3 aliphatic heterocycles. The highest BCUT2D eigenvalue weighted by atomic mass is 16.5. The molecule has 5 atom stereocenters. The standard InChI is InChI=1S/C34H47N3O6/c1-5-20-35(25-14-16-26(17-15-25)42-8-4)30(39)27-28-31(40)37(22-23-38)29(34(28)19-18-33(27,7-3)43-34)32(41)36(21-6-2)24-12-10-9-11-13-24/h5-6,14-17,24,27-29,38H,1-2,7-13,18-23H2,3-4H3/t27-,28-,29?,33+,34?/m0/s1. The number of benzene rings is 1. The molecule has 1 aromatic carbocycles. The van der Waals surface area contributed by atoms with Crippen molar-refractivity contribution in [3.05, 3.63) is 49.6 Å².